The summed E-state index contributed by atoms with van der Waals surface area (Å²) < 4.78 is 38.2. The van der Waals surface area contributed by atoms with Crippen molar-refractivity contribution in [1.29, 1.82) is 0 Å². The predicted octanol–water partition coefficient (Wildman–Crippen LogP) is 35.4. The average molecular weight is 1990 g/mol. The summed E-state index contributed by atoms with van der Waals surface area (Å²) in [6, 6.07) is 0. The quantitative estimate of drug-likeness (QED) is 0.0241. The summed E-state index contributed by atoms with van der Waals surface area (Å²) in [7, 11) is 13.7. The Bertz CT molecular complexity index is 2800. The van der Waals surface area contributed by atoms with Crippen molar-refractivity contribution in [2.24, 2.45) is 0 Å². The summed E-state index contributed by atoms with van der Waals surface area (Å²) in [5.41, 5.74) is 0. The van der Waals surface area contributed by atoms with Crippen molar-refractivity contribution in [3.8, 4) is 0 Å². The Hall–Kier alpha value is -5.39. The Balaban J connectivity index is -0.00000203. The molecule has 826 valence electrons. The number of rotatable bonds is 106. The molecule has 0 aliphatic carbocycles. The third-order valence-electron chi connectivity index (χ3n) is 26.4. The van der Waals surface area contributed by atoms with E-state index in [-0.39, 0.29) is 60.1 Å². The lowest BCUT2D eigenvalue weighted by Gasteiger charge is -2.18. The third kappa shape index (κ3) is 121. The number of carbonyl (C=O) groups excluding carboxylic acids is 7. The lowest BCUT2D eigenvalue weighted by atomic mass is 10.0. The van der Waals surface area contributed by atoms with Crippen molar-refractivity contribution in [1.82, 2.24) is 14.7 Å². The zero-order valence-electron chi connectivity index (χ0n) is 94.9. The molecule has 141 heavy (non-hydrogen) atoms. The van der Waals surface area contributed by atoms with Crippen LogP contribution in [-0.2, 0) is 66.7 Å². The van der Waals surface area contributed by atoms with Crippen LogP contribution in [0, 0.1) is 0 Å². The van der Waals surface area contributed by atoms with E-state index in [1.165, 1.54) is 322 Å². The van der Waals surface area contributed by atoms with Gasteiger partial charge in [0.1, 0.15) is 31.5 Å². The monoisotopic (exact) mass is 1990 g/mol. The van der Waals surface area contributed by atoms with E-state index in [4.69, 9.17) is 28.4 Å². The molecule has 0 aliphatic rings. The Morgan fingerprint density at radius 3 is 0.596 bits per heavy atom. The molecule has 0 spiro atoms. The number of hydrogen-bond donors (Lipinski definition) is 0. The van der Waals surface area contributed by atoms with Crippen LogP contribution in [0.3, 0.4) is 0 Å². The van der Waals surface area contributed by atoms with Crippen LogP contribution in [0.2, 0.25) is 0 Å². The van der Waals surface area contributed by atoms with E-state index in [1.54, 1.807) is 0 Å². The number of ether oxygens (including phenoxy) is 7. The molecular weight excluding hydrogens is 1760 g/mol. The summed E-state index contributed by atoms with van der Waals surface area (Å²) in [4.78, 5) is 90.3. The zero-order valence-corrected chi connectivity index (χ0v) is 94.9. The lowest BCUT2D eigenvalue weighted by molar-refractivity contribution is -0.151. The summed E-state index contributed by atoms with van der Waals surface area (Å²) in [6.45, 7) is 14.8. The average Bonchev–Trinajstić information content (AvgIpc) is 0.964. The second-order valence-electron chi connectivity index (χ2n) is 41.3. The van der Waals surface area contributed by atoms with Crippen LogP contribution >= 0.6 is 0 Å². The van der Waals surface area contributed by atoms with Gasteiger partial charge >= 0.3 is 41.8 Å². The van der Waals surface area contributed by atoms with E-state index in [0.717, 1.165) is 199 Å². The number of unbranched alkanes of at least 4 members (excludes halogenated alkanes) is 56. The van der Waals surface area contributed by atoms with Gasteiger partial charge in [0.05, 0.1) is 13.7 Å². The van der Waals surface area contributed by atoms with Crippen LogP contribution in [0.25, 0.3) is 0 Å². The molecule has 17 heteroatoms. The molecule has 0 amide bonds. The lowest BCUT2D eigenvalue weighted by Crippen LogP contribution is -2.20. The van der Waals surface area contributed by atoms with Crippen LogP contribution < -0.4 is 0 Å². The number of hydrogen-bond acceptors (Lipinski definition) is 17. The van der Waals surface area contributed by atoms with Crippen LogP contribution in [0.1, 0.15) is 574 Å². The SMILES string of the molecule is CCCCC/C=C\CCCCCCCCC(CCCCCCCC/C=C\CCCCC(=O)OCC)OC(=O)CCCN(C)C.CCCCCC/C=C\COC(=O)CCCCCCCC(CCCCCCCC(=O)OC/C=C\CCCCCC)OC(=O)CCCN(C)C.CCCCCCCC/C=C\CCCCCCCCC(CCCCCCCC/C=C\CCCCCCCC(=O)OC)OC(=O)CCCN(C)C. The van der Waals surface area contributed by atoms with Crippen molar-refractivity contribution in [3.05, 3.63) is 72.9 Å². The number of nitrogens with zero attached hydrogens (tertiary/aromatic N) is 3. The first-order valence-electron chi connectivity index (χ1n) is 59.8. The Kier molecular flexibility index (Phi) is 117. The standard InChI is InChI=1S/C44H83NO4.C41H75NO6.C39H73NO4/c1-5-6-7-8-9-10-11-12-13-15-18-21-24-27-30-33-37-42(49-44(47)40-36-41-45(2)3)38-34-31-28-25-22-19-16-14-17-20-23-26-29-32-35-39-43(46)48-4;1-5-7-9-11-13-21-27-36-46-39(43)32-25-19-15-17-23-30-38(48-41(45)34-29-35-42(3)4)31-24-18-16-20-26-33-40(44)47-37-28-22-14-12-10-8-6-2;1-5-7-8-9-10-11-12-13-16-19-22-25-28-32-37(44-39(42)35-31-36-40(3)4)33-29-26-23-20-17-14-15-18-21-24-27-30-34-38(41)43-6-2/h12-14,17,42H,5-11,15-16,18-41H2,1-4H3;21-22,27-28,38H,5-20,23-26,29-37H2,1-4H3;10-11,18,21,37H,5-9,12-17,19-20,22-36H2,1-4H3/b13-12-,17-14-;27-21-,28-22-;11-10-,21-18-. The molecule has 0 aromatic carbocycles. The molecule has 0 aromatic rings. The highest BCUT2D eigenvalue weighted by molar-refractivity contribution is 5.71. The minimum atomic E-state index is -0.108. The summed E-state index contributed by atoms with van der Waals surface area (Å²) in [6.07, 6.45) is 122. The molecule has 17 nitrogen and oxygen atoms in total. The smallest absolute Gasteiger partial charge is 0.306 e. The highest BCUT2D eigenvalue weighted by Gasteiger charge is 2.19. The summed E-state index contributed by atoms with van der Waals surface area (Å²) in [5, 5.41) is 0. The Morgan fingerprint density at radius 2 is 0.362 bits per heavy atom. The van der Waals surface area contributed by atoms with Gasteiger partial charge in [-0.1, -0.05) is 345 Å². The van der Waals surface area contributed by atoms with Crippen LogP contribution in [0.4, 0.5) is 0 Å². The highest BCUT2D eigenvalue weighted by atomic mass is 16.6. The van der Waals surface area contributed by atoms with Gasteiger partial charge in [-0.25, -0.2) is 0 Å². The molecule has 0 fully saturated rings. The fraction of sp³-hybridized carbons (Fsp3) is 0.847. The molecular formula is C124H231N3O14. The van der Waals surface area contributed by atoms with Gasteiger partial charge in [-0.15, -0.1) is 0 Å². The van der Waals surface area contributed by atoms with Crippen molar-refractivity contribution >= 4 is 41.8 Å². The van der Waals surface area contributed by atoms with Gasteiger partial charge in [0.15, 0.2) is 0 Å². The maximum absolute atomic E-state index is 12.5. The van der Waals surface area contributed by atoms with E-state index in [9.17, 15) is 33.6 Å². The van der Waals surface area contributed by atoms with E-state index in [2.05, 4.69) is 136 Å². The first kappa shape index (κ1) is 140. The van der Waals surface area contributed by atoms with Crippen molar-refractivity contribution < 1.29 is 66.7 Å². The van der Waals surface area contributed by atoms with Crippen LogP contribution in [-0.4, -0.2) is 164 Å². The Labute approximate surface area is 872 Å². The number of esters is 7. The molecule has 0 saturated heterocycles. The number of methoxy groups -OCH3 is 1. The fourth-order valence-electron chi connectivity index (χ4n) is 17.5. The molecule has 0 radical (unpaired) electrons. The predicted molar refractivity (Wildman–Crippen MR) is 601 cm³/mol. The first-order valence-corrected chi connectivity index (χ1v) is 59.8. The minimum Gasteiger partial charge on any atom is -0.469 e. The van der Waals surface area contributed by atoms with E-state index in [1.807, 2.05) is 33.2 Å². The molecule has 0 saturated carbocycles. The van der Waals surface area contributed by atoms with Crippen molar-refractivity contribution in [2.75, 3.05) is 88.9 Å². The molecule has 0 aliphatic heterocycles. The van der Waals surface area contributed by atoms with Gasteiger partial charge in [-0.05, 0) is 319 Å². The topological polar surface area (TPSA) is 194 Å². The minimum absolute atomic E-state index is 0.0000830. The second kappa shape index (κ2) is 118. The van der Waals surface area contributed by atoms with E-state index >= 15 is 0 Å². The molecule has 0 aromatic heterocycles. The molecule has 0 N–H and O–H groups in total. The molecule has 0 heterocycles. The van der Waals surface area contributed by atoms with Gasteiger partial charge in [0.2, 0.25) is 0 Å². The second-order valence-corrected chi connectivity index (χ2v) is 41.3. The normalized spacial score (nSPS) is 12.2. The molecule has 2 unspecified atom stereocenters. The van der Waals surface area contributed by atoms with Gasteiger partial charge in [-0.2, -0.15) is 0 Å². The number of allylic oxidation sites excluding steroid dienone is 10. The Morgan fingerprint density at radius 1 is 0.191 bits per heavy atom. The van der Waals surface area contributed by atoms with Gasteiger partial charge in [0, 0.05) is 44.9 Å². The first-order chi connectivity index (χ1) is 68.9. The van der Waals surface area contributed by atoms with E-state index in [0.29, 0.717) is 64.8 Å². The van der Waals surface area contributed by atoms with E-state index < -0.39 is 0 Å². The van der Waals surface area contributed by atoms with Gasteiger partial charge < -0.3 is 47.9 Å². The number of carbonyl (C=O) groups is 7. The van der Waals surface area contributed by atoms with Crippen LogP contribution in [0.5, 0.6) is 0 Å². The third-order valence-corrected chi connectivity index (χ3v) is 26.4. The highest BCUT2D eigenvalue weighted by Crippen LogP contribution is 2.25. The van der Waals surface area contributed by atoms with Crippen molar-refractivity contribution in [3.63, 3.8) is 0 Å². The van der Waals surface area contributed by atoms with Gasteiger partial charge in [0.25, 0.3) is 0 Å². The maximum Gasteiger partial charge on any atom is 0.306 e. The molecule has 2 atom stereocenters. The molecule has 0 bridgehead atoms. The maximum atomic E-state index is 12.5. The van der Waals surface area contributed by atoms with Crippen LogP contribution in [0.15, 0.2) is 72.9 Å². The fourth-order valence-corrected chi connectivity index (χ4v) is 17.5. The van der Waals surface area contributed by atoms with Gasteiger partial charge in [-0.3, -0.25) is 33.6 Å². The molecule has 0 rings (SSSR count). The van der Waals surface area contributed by atoms with Crippen molar-refractivity contribution in [2.45, 2.75) is 592 Å². The summed E-state index contributed by atoms with van der Waals surface area (Å²) >= 11 is 0. The zero-order chi connectivity index (χ0) is 104. The largest absolute Gasteiger partial charge is 0.469 e. The summed E-state index contributed by atoms with van der Waals surface area (Å²) in [5.74, 6) is -0.471.